The summed E-state index contributed by atoms with van der Waals surface area (Å²) in [6.45, 7) is 0. The van der Waals surface area contributed by atoms with Crippen LogP contribution in [-0.2, 0) is 0 Å². The molecule has 0 bridgehead atoms. The molecule has 1 rings (SSSR count). The van der Waals surface area contributed by atoms with Crippen molar-refractivity contribution in [3.8, 4) is 18.2 Å². The first kappa shape index (κ1) is 13.6. The number of nitrogens with one attached hydrogen (secondary N) is 1. The number of para-hydroxylation sites is 2. The summed E-state index contributed by atoms with van der Waals surface area (Å²) in [5.41, 5.74) is 12.2. The zero-order valence-electron chi connectivity index (χ0n) is 9.88. The van der Waals surface area contributed by atoms with Gasteiger partial charge < -0.3 is 16.8 Å². The van der Waals surface area contributed by atoms with Gasteiger partial charge in [0.25, 0.3) is 0 Å². The highest BCUT2D eigenvalue weighted by atomic mass is 15.0. The highest BCUT2D eigenvalue weighted by Crippen LogP contribution is 2.18. The number of nitrogen functional groups attached to an aromatic ring is 1. The fraction of sp³-hybridized carbons (Fsp3) is 0. The summed E-state index contributed by atoms with van der Waals surface area (Å²) in [6.07, 6.45) is 1.11. The molecule has 1 aromatic carbocycles. The van der Waals surface area contributed by atoms with Crippen molar-refractivity contribution in [2.24, 2.45) is 5.73 Å². The zero-order chi connectivity index (χ0) is 14.3. The molecule has 19 heavy (non-hydrogen) atoms. The third kappa shape index (κ3) is 3.52. The summed E-state index contributed by atoms with van der Waals surface area (Å²) in [6, 6.07) is 12.0. The van der Waals surface area contributed by atoms with E-state index in [2.05, 4.69) is 5.32 Å². The Balaban J connectivity index is 3.13. The molecular formula is C13H10N6. The minimum atomic E-state index is -0.206. The molecule has 5 N–H and O–H groups in total. The number of nitriles is 3. The van der Waals surface area contributed by atoms with Crippen LogP contribution in [0.3, 0.4) is 0 Å². The highest BCUT2D eigenvalue weighted by Gasteiger charge is 2.05. The van der Waals surface area contributed by atoms with Gasteiger partial charge in [-0.2, -0.15) is 15.8 Å². The average Bonchev–Trinajstić information content (AvgIpc) is 2.42. The van der Waals surface area contributed by atoms with E-state index in [-0.39, 0.29) is 17.0 Å². The molecule has 0 saturated heterocycles. The van der Waals surface area contributed by atoms with Gasteiger partial charge in [-0.3, -0.25) is 0 Å². The van der Waals surface area contributed by atoms with Crippen LogP contribution in [0.15, 0.2) is 47.3 Å². The zero-order valence-corrected chi connectivity index (χ0v) is 9.88. The third-order valence-electron chi connectivity index (χ3n) is 2.17. The van der Waals surface area contributed by atoms with Crippen molar-refractivity contribution in [3.05, 3.63) is 47.3 Å². The number of hydrogen-bond donors (Lipinski definition) is 3. The average molecular weight is 250 g/mol. The first-order valence-electron chi connectivity index (χ1n) is 5.15. The Bertz CT molecular complexity index is 648. The summed E-state index contributed by atoms with van der Waals surface area (Å²) in [4.78, 5) is 0. The van der Waals surface area contributed by atoms with E-state index in [9.17, 15) is 0 Å². The second-order valence-corrected chi connectivity index (χ2v) is 3.43. The molecule has 0 aromatic heterocycles. The van der Waals surface area contributed by atoms with E-state index in [0.29, 0.717) is 11.4 Å². The molecule has 0 fully saturated rings. The Kier molecular flexibility index (Phi) is 4.55. The van der Waals surface area contributed by atoms with Crippen LogP contribution < -0.4 is 16.8 Å². The minimum Gasteiger partial charge on any atom is -0.397 e. The molecule has 0 radical (unpaired) electrons. The van der Waals surface area contributed by atoms with Crippen LogP contribution in [0.1, 0.15) is 0 Å². The summed E-state index contributed by atoms with van der Waals surface area (Å²) in [5.74, 6) is 0.0170. The van der Waals surface area contributed by atoms with Gasteiger partial charge in [0, 0.05) is 0 Å². The summed E-state index contributed by atoms with van der Waals surface area (Å²) in [5, 5.41) is 29.0. The number of allylic oxidation sites excluding steroid dienone is 3. The number of nitrogens with two attached hydrogens (primary N) is 2. The maximum Gasteiger partial charge on any atom is 0.131 e. The van der Waals surface area contributed by atoms with E-state index in [1.807, 2.05) is 6.07 Å². The summed E-state index contributed by atoms with van der Waals surface area (Å²) >= 11 is 0. The lowest BCUT2D eigenvalue weighted by Crippen LogP contribution is -2.12. The van der Waals surface area contributed by atoms with Crippen LogP contribution in [0.2, 0.25) is 0 Å². The quantitative estimate of drug-likeness (QED) is 0.421. The molecule has 1 aromatic rings. The van der Waals surface area contributed by atoms with Crippen molar-refractivity contribution < 1.29 is 0 Å². The van der Waals surface area contributed by atoms with E-state index in [4.69, 9.17) is 27.3 Å². The van der Waals surface area contributed by atoms with Gasteiger partial charge in [0.1, 0.15) is 29.6 Å². The van der Waals surface area contributed by atoms with E-state index < -0.39 is 0 Å². The van der Waals surface area contributed by atoms with Gasteiger partial charge in [0.2, 0.25) is 0 Å². The van der Waals surface area contributed by atoms with E-state index in [1.165, 1.54) is 0 Å². The van der Waals surface area contributed by atoms with Crippen molar-refractivity contribution in [2.75, 3.05) is 11.1 Å². The second kappa shape index (κ2) is 6.34. The molecular weight excluding hydrogens is 240 g/mol. The Morgan fingerprint density at radius 3 is 2.26 bits per heavy atom. The van der Waals surface area contributed by atoms with Gasteiger partial charge in [0.15, 0.2) is 0 Å². The van der Waals surface area contributed by atoms with Gasteiger partial charge in [-0.25, -0.2) is 0 Å². The smallest absolute Gasteiger partial charge is 0.131 e. The fourth-order valence-electron chi connectivity index (χ4n) is 1.23. The SMILES string of the molecule is N#CC(C#N)=C/C(C#N)=C(\N)Nc1ccccc1N. The number of hydrogen-bond acceptors (Lipinski definition) is 6. The molecule has 0 aliphatic rings. The van der Waals surface area contributed by atoms with Crippen molar-refractivity contribution in [2.45, 2.75) is 0 Å². The summed E-state index contributed by atoms with van der Waals surface area (Å²) in [7, 11) is 0. The molecule has 0 aliphatic carbocycles. The molecule has 6 nitrogen and oxygen atoms in total. The number of benzene rings is 1. The van der Waals surface area contributed by atoms with Crippen molar-refractivity contribution in [3.63, 3.8) is 0 Å². The summed E-state index contributed by atoms with van der Waals surface area (Å²) < 4.78 is 0. The van der Waals surface area contributed by atoms with Crippen LogP contribution in [0.4, 0.5) is 11.4 Å². The van der Waals surface area contributed by atoms with Crippen LogP contribution in [-0.4, -0.2) is 0 Å². The Labute approximate surface area is 110 Å². The van der Waals surface area contributed by atoms with Gasteiger partial charge >= 0.3 is 0 Å². The maximum atomic E-state index is 8.96. The standard InChI is InChI=1S/C13H10N6/c14-6-9(7-15)5-10(8-16)13(18)19-12-4-2-1-3-11(12)17/h1-5,19H,17-18H2/b13-10-. The Morgan fingerprint density at radius 2 is 1.74 bits per heavy atom. The van der Waals surface area contributed by atoms with Crippen molar-refractivity contribution >= 4 is 11.4 Å². The minimum absolute atomic E-state index is 0.0126. The fourth-order valence-corrected chi connectivity index (χ4v) is 1.23. The first-order chi connectivity index (χ1) is 9.12. The van der Waals surface area contributed by atoms with Gasteiger partial charge in [0.05, 0.1) is 16.9 Å². The molecule has 0 saturated carbocycles. The largest absolute Gasteiger partial charge is 0.397 e. The lowest BCUT2D eigenvalue weighted by molar-refractivity contribution is 1.27. The van der Waals surface area contributed by atoms with Crippen molar-refractivity contribution in [1.29, 1.82) is 15.8 Å². The monoisotopic (exact) mass is 250 g/mol. The molecule has 0 atom stereocenters. The van der Waals surface area contributed by atoms with Gasteiger partial charge in [-0.1, -0.05) is 12.1 Å². The second-order valence-electron chi connectivity index (χ2n) is 3.43. The van der Waals surface area contributed by atoms with Crippen LogP contribution in [0, 0.1) is 34.0 Å². The number of rotatable bonds is 3. The molecule has 0 unspecified atom stereocenters. The predicted octanol–water partition coefficient (Wildman–Crippen LogP) is 1.35. The maximum absolute atomic E-state index is 8.96. The number of nitrogens with zero attached hydrogens (tertiary/aromatic N) is 3. The van der Waals surface area contributed by atoms with Crippen LogP contribution in [0.5, 0.6) is 0 Å². The van der Waals surface area contributed by atoms with Crippen LogP contribution in [0.25, 0.3) is 0 Å². The lowest BCUT2D eigenvalue weighted by atomic mass is 10.2. The molecule has 92 valence electrons. The van der Waals surface area contributed by atoms with Gasteiger partial charge in [-0.15, -0.1) is 0 Å². The van der Waals surface area contributed by atoms with Gasteiger partial charge in [-0.05, 0) is 18.2 Å². The Hall–Kier alpha value is -3.43. The van der Waals surface area contributed by atoms with E-state index in [1.54, 1.807) is 36.4 Å². The lowest BCUT2D eigenvalue weighted by Gasteiger charge is -2.09. The van der Waals surface area contributed by atoms with E-state index >= 15 is 0 Å². The van der Waals surface area contributed by atoms with E-state index in [0.717, 1.165) is 6.08 Å². The van der Waals surface area contributed by atoms with Crippen LogP contribution >= 0.6 is 0 Å². The molecule has 0 spiro atoms. The molecule has 0 aliphatic heterocycles. The molecule has 0 heterocycles. The molecule has 6 heteroatoms. The molecule has 0 amide bonds. The number of anilines is 2. The predicted molar refractivity (Wildman–Crippen MR) is 70.6 cm³/mol. The normalized spacial score (nSPS) is 10.2. The third-order valence-corrected chi connectivity index (χ3v) is 2.17. The topological polar surface area (TPSA) is 135 Å². The first-order valence-corrected chi connectivity index (χ1v) is 5.15. The van der Waals surface area contributed by atoms with Crippen molar-refractivity contribution in [1.82, 2.24) is 0 Å². The Morgan fingerprint density at radius 1 is 1.11 bits per heavy atom. The highest BCUT2D eigenvalue weighted by molar-refractivity contribution is 5.68.